The van der Waals surface area contributed by atoms with Crippen molar-refractivity contribution in [2.24, 2.45) is 0 Å². The van der Waals surface area contributed by atoms with Crippen molar-refractivity contribution >= 4 is 5.69 Å². The average Bonchev–Trinajstić information content (AvgIpc) is 2.48. The fourth-order valence-corrected chi connectivity index (χ4v) is 2.37. The number of nitro groups is 1. The van der Waals surface area contributed by atoms with Gasteiger partial charge in [-0.3, -0.25) is 15.0 Å². The van der Waals surface area contributed by atoms with E-state index < -0.39 is 16.6 Å². The Kier molecular flexibility index (Phi) is 5.33. The maximum Gasteiger partial charge on any atom is 0.269 e. The SMILES string of the molecule is CC(C)(Oc1ccc([N+](=O)[O-])cc1)C(O)CN1CCNCC1. The molecule has 0 saturated carbocycles. The number of hydrogen-bond acceptors (Lipinski definition) is 6. The van der Waals surface area contributed by atoms with Crippen molar-refractivity contribution in [2.45, 2.75) is 25.6 Å². The van der Waals surface area contributed by atoms with E-state index in [1.165, 1.54) is 12.1 Å². The minimum absolute atomic E-state index is 0.0199. The molecule has 1 atom stereocenters. The number of nitrogens with zero attached hydrogens (tertiary/aromatic N) is 2. The lowest BCUT2D eigenvalue weighted by Gasteiger charge is -2.36. The highest BCUT2D eigenvalue weighted by atomic mass is 16.6. The second-order valence-corrected chi connectivity index (χ2v) is 6.02. The number of hydrogen-bond donors (Lipinski definition) is 2. The Bertz CT molecular complexity index is 498. The van der Waals surface area contributed by atoms with E-state index in [2.05, 4.69) is 10.2 Å². The number of aliphatic hydroxyl groups is 1. The van der Waals surface area contributed by atoms with Gasteiger partial charge >= 0.3 is 0 Å². The van der Waals surface area contributed by atoms with Crippen LogP contribution in [0.1, 0.15) is 13.8 Å². The van der Waals surface area contributed by atoms with E-state index >= 15 is 0 Å². The number of β-amino-alcohol motifs (C(OH)–C–C–N with tert-alkyl or cyclic N) is 1. The van der Waals surface area contributed by atoms with E-state index in [1.807, 2.05) is 13.8 Å². The van der Waals surface area contributed by atoms with Gasteiger partial charge in [0.25, 0.3) is 5.69 Å². The molecular formula is C15H23N3O4. The van der Waals surface area contributed by atoms with Crippen molar-refractivity contribution in [3.63, 3.8) is 0 Å². The van der Waals surface area contributed by atoms with Crippen LogP contribution in [0.2, 0.25) is 0 Å². The number of rotatable bonds is 6. The lowest BCUT2D eigenvalue weighted by molar-refractivity contribution is -0.384. The minimum Gasteiger partial charge on any atom is -0.485 e. The lowest BCUT2D eigenvalue weighted by atomic mass is 10.0. The van der Waals surface area contributed by atoms with Crippen LogP contribution in [-0.4, -0.2) is 59.4 Å². The molecule has 1 saturated heterocycles. The van der Waals surface area contributed by atoms with Gasteiger partial charge in [0.2, 0.25) is 0 Å². The third-order valence-corrected chi connectivity index (χ3v) is 3.87. The van der Waals surface area contributed by atoms with E-state index in [9.17, 15) is 15.2 Å². The Morgan fingerprint density at radius 1 is 1.36 bits per heavy atom. The molecule has 0 amide bonds. The molecule has 1 aliphatic heterocycles. The van der Waals surface area contributed by atoms with Gasteiger partial charge in [-0.15, -0.1) is 0 Å². The third-order valence-electron chi connectivity index (χ3n) is 3.87. The number of aliphatic hydroxyl groups excluding tert-OH is 1. The second-order valence-electron chi connectivity index (χ2n) is 6.02. The molecule has 0 spiro atoms. The maximum absolute atomic E-state index is 10.6. The van der Waals surface area contributed by atoms with Crippen LogP contribution in [0.3, 0.4) is 0 Å². The number of non-ortho nitro benzene ring substituents is 1. The van der Waals surface area contributed by atoms with Crippen molar-refractivity contribution in [2.75, 3.05) is 32.7 Å². The molecule has 1 aliphatic rings. The first-order chi connectivity index (χ1) is 10.4. The first-order valence-electron chi connectivity index (χ1n) is 7.43. The zero-order valence-corrected chi connectivity index (χ0v) is 13.0. The number of benzene rings is 1. The fourth-order valence-electron chi connectivity index (χ4n) is 2.37. The summed E-state index contributed by atoms with van der Waals surface area (Å²) >= 11 is 0. The monoisotopic (exact) mass is 309 g/mol. The van der Waals surface area contributed by atoms with Crippen molar-refractivity contribution in [1.29, 1.82) is 0 Å². The molecular weight excluding hydrogens is 286 g/mol. The maximum atomic E-state index is 10.6. The van der Waals surface area contributed by atoms with Crippen molar-refractivity contribution < 1.29 is 14.8 Å². The van der Waals surface area contributed by atoms with Gasteiger partial charge in [0.05, 0.1) is 4.92 Å². The summed E-state index contributed by atoms with van der Waals surface area (Å²) in [7, 11) is 0. The Morgan fingerprint density at radius 3 is 2.50 bits per heavy atom. The molecule has 22 heavy (non-hydrogen) atoms. The minimum atomic E-state index is -0.777. The van der Waals surface area contributed by atoms with E-state index in [4.69, 9.17) is 4.74 Å². The Labute approximate surface area is 130 Å². The van der Waals surface area contributed by atoms with Gasteiger partial charge in [-0.25, -0.2) is 0 Å². The van der Waals surface area contributed by atoms with Crippen molar-refractivity contribution in [3.05, 3.63) is 34.4 Å². The van der Waals surface area contributed by atoms with E-state index in [0.29, 0.717) is 12.3 Å². The van der Waals surface area contributed by atoms with Crippen LogP contribution >= 0.6 is 0 Å². The van der Waals surface area contributed by atoms with Crippen LogP contribution in [0.15, 0.2) is 24.3 Å². The summed E-state index contributed by atoms with van der Waals surface area (Å²) in [5, 5.41) is 24.4. The highest BCUT2D eigenvalue weighted by Crippen LogP contribution is 2.24. The zero-order chi connectivity index (χ0) is 16.2. The van der Waals surface area contributed by atoms with Crippen LogP contribution in [0.25, 0.3) is 0 Å². The number of ether oxygens (including phenoxy) is 1. The molecule has 122 valence electrons. The first-order valence-corrected chi connectivity index (χ1v) is 7.43. The van der Waals surface area contributed by atoms with Crippen molar-refractivity contribution in [3.8, 4) is 5.75 Å². The van der Waals surface area contributed by atoms with Gasteiger partial charge in [-0.05, 0) is 26.0 Å². The molecule has 1 aromatic rings. The molecule has 2 rings (SSSR count). The van der Waals surface area contributed by atoms with Crippen LogP contribution < -0.4 is 10.1 Å². The van der Waals surface area contributed by atoms with Crippen molar-refractivity contribution in [1.82, 2.24) is 10.2 Å². The molecule has 7 nitrogen and oxygen atoms in total. The van der Waals surface area contributed by atoms with Gasteiger partial charge in [0.1, 0.15) is 17.5 Å². The average molecular weight is 309 g/mol. The van der Waals surface area contributed by atoms with Crippen LogP contribution in [0, 0.1) is 10.1 Å². The number of nitrogens with one attached hydrogen (secondary N) is 1. The highest BCUT2D eigenvalue weighted by molar-refractivity contribution is 5.36. The summed E-state index contributed by atoms with van der Waals surface area (Å²) in [6, 6.07) is 5.90. The molecule has 0 radical (unpaired) electrons. The normalized spacial score (nSPS) is 18.0. The zero-order valence-electron chi connectivity index (χ0n) is 13.0. The topological polar surface area (TPSA) is 87.9 Å². The molecule has 0 aromatic heterocycles. The van der Waals surface area contributed by atoms with Crippen LogP contribution in [0.5, 0.6) is 5.75 Å². The van der Waals surface area contributed by atoms with Gasteiger partial charge in [0, 0.05) is 44.9 Å². The van der Waals surface area contributed by atoms with Gasteiger partial charge < -0.3 is 15.2 Å². The van der Waals surface area contributed by atoms with E-state index in [1.54, 1.807) is 12.1 Å². The Morgan fingerprint density at radius 2 is 1.95 bits per heavy atom. The van der Waals surface area contributed by atoms with Crippen LogP contribution in [0.4, 0.5) is 5.69 Å². The molecule has 1 heterocycles. The molecule has 1 aromatic carbocycles. The number of piperazine rings is 1. The molecule has 0 bridgehead atoms. The molecule has 1 fully saturated rings. The third kappa shape index (κ3) is 4.40. The predicted octanol–water partition coefficient (Wildman–Crippen LogP) is 1.02. The standard InChI is InChI=1S/C15H23N3O4/c1-15(2,14(19)11-17-9-7-16-8-10-17)22-13-5-3-12(4-6-13)18(20)21/h3-6,14,16,19H,7-11H2,1-2H3. The quantitative estimate of drug-likeness (QED) is 0.602. The highest BCUT2D eigenvalue weighted by Gasteiger charge is 2.32. The summed E-state index contributed by atoms with van der Waals surface area (Å²) in [6.07, 6.45) is -0.652. The summed E-state index contributed by atoms with van der Waals surface area (Å²) in [5.41, 5.74) is -0.757. The molecule has 0 aliphatic carbocycles. The van der Waals surface area contributed by atoms with Crippen LogP contribution in [-0.2, 0) is 0 Å². The number of nitro benzene ring substituents is 1. The Hall–Kier alpha value is -1.70. The lowest BCUT2D eigenvalue weighted by Crippen LogP contribution is -2.52. The molecule has 2 N–H and O–H groups in total. The largest absolute Gasteiger partial charge is 0.485 e. The first kappa shape index (κ1) is 16.7. The summed E-state index contributed by atoms with van der Waals surface area (Å²) < 4.78 is 5.83. The second kappa shape index (κ2) is 7.04. The molecule has 7 heteroatoms. The predicted molar refractivity (Wildman–Crippen MR) is 83.1 cm³/mol. The van der Waals surface area contributed by atoms with E-state index in [0.717, 1.165) is 26.2 Å². The fraction of sp³-hybridized carbons (Fsp3) is 0.600. The summed E-state index contributed by atoms with van der Waals surface area (Å²) in [4.78, 5) is 12.4. The Balaban J connectivity index is 1.94. The van der Waals surface area contributed by atoms with E-state index in [-0.39, 0.29) is 5.69 Å². The van der Waals surface area contributed by atoms with Gasteiger partial charge in [-0.1, -0.05) is 0 Å². The molecule has 1 unspecified atom stereocenters. The van der Waals surface area contributed by atoms with Gasteiger partial charge in [-0.2, -0.15) is 0 Å². The van der Waals surface area contributed by atoms with Gasteiger partial charge in [0.15, 0.2) is 0 Å². The summed E-state index contributed by atoms with van der Waals surface area (Å²) in [5.74, 6) is 0.509. The smallest absolute Gasteiger partial charge is 0.269 e. The summed E-state index contributed by atoms with van der Waals surface area (Å²) in [6.45, 7) is 7.85.